The summed E-state index contributed by atoms with van der Waals surface area (Å²) in [6.07, 6.45) is 2.06. The van der Waals surface area contributed by atoms with E-state index in [1.807, 2.05) is 7.05 Å². The zero-order valence-corrected chi connectivity index (χ0v) is 12.3. The van der Waals surface area contributed by atoms with Crippen molar-refractivity contribution in [3.05, 3.63) is 22.4 Å². The summed E-state index contributed by atoms with van der Waals surface area (Å²) in [5, 5.41) is 5.45. The van der Waals surface area contributed by atoms with Crippen molar-refractivity contribution in [3.8, 4) is 0 Å². The Balaban J connectivity index is 2.26. The zero-order chi connectivity index (χ0) is 13.2. The van der Waals surface area contributed by atoms with Crippen LogP contribution in [0.5, 0.6) is 0 Å². The molecule has 0 unspecified atom stereocenters. The van der Waals surface area contributed by atoms with Gasteiger partial charge in [-0.1, -0.05) is 6.07 Å². The predicted molar refractivity (Wildman–Crippen MR) is 78.5 cm³/mol. The molecule has 5 heteroatoms. The lowest BCUT2D eigenvalue weighted by Gasteiger charge is -2.21. The third-order valence-electron chi connectivity index (χ3n) is 2.66. The van der Waals surface area contributed by atoms with E-state index < -0.39 is 0 Å². The molecule has 1 aromatic rings. The highest BCUT2D eigenvalue weighted by atomic mass is 32.1. The van der Waals surface area contributed by atoms with Crippen LogP contribution in [0.4, 0.5) is 0 Å². The van der Waals surface area contributed by atoms with Gasteiger partial charge in [-0.15, -0.1) is 11.3 Å². The molecule has 1 aromatic heterocycles. The second-order valence-electron chi connectivity index (χ2n) is 4.07. The fraction of sp³-hybridized carbons (Fsp3) is 0.615. The largest absolute Gasteiger partial charge is 0.385 e. The minimum atomic E-state index is 0.781. The Morgan fingerprint density at radius 3 is 3.00 bits per heavy atom. The van der Waals surface area contributed by atoms with E-state index in [0.717, 1.165) is 38.5 Å². The van der Waals surface area contributed by atoms with Crippen LogP contribution in [0, 0.1) is 0 Å². The summed E-state index contributed by atoms with van der Waals surface area (Å²) in [6, 6.07) is 4.27. The lowest BCUT2D eigenvalue weighted by Crippen LogP contribution is -2.40. The maximum atomic E-state index is 5.02. The van der Waals surface area contributed by atoms with E-state index in [-0.39, 0.29) is 0 Å². The highest BCUT2D eigenvalue weighted by Crippen LogP contribution is 2.09. The second kappa shape index (κ2) is 8.94. The van der Waals surface area contributed by atoms with Gasteiger partial charge < -0.3 is 15.0 Å². The predicted octanol–water partition coefficient (Wildman–Crippen LogP) is 1.83. The number of guanidine groups is 1. The Labute approximate surface area is 114 Å². The molecule has 1 heterocycles. The van der Waals surface area contributed by atoms with Crippen LogP contribution in [0.2, 0.25) is 0 Å². The van der Waals surface area contributed by atoms with Crippen molar-refractivity contribution in [3.63, 3.8) is 0 Å². The first kappa shape index (κ1) is 15.0. The molecule has 1 N–H and O–H groups in total. The summed E-state index contributed by atoms with van der Waals surface area (Å²) in [6.45, 7) is 2.65. The average molecular weight is 269 g/mol. The molecule has 0 saturated carbocycles. The number of aliphatic imine (C=N–C) groups is 1. The fourth-order valence-corrected chi connectivity index (χ4v) is 2.34. The van der Waals surface area contributed by atoms with E-state index in [0.29, 0.717) is 0 Å². The number of hydrogen-bond acceptors (Lipinski definition) is 3. The van der Waals surface area contributed by atoms with Crippen LogP contribution in [0.25, 0.3) is 0 Å². The van der Waals surface area contributed by atoms with Crippen molar-refractivity contribution in [2.75, 3.05) is 40.9 Å². The molecule has 0 aromatic carbocycles. The van der Waals surface area contributed by atoms with Crippen molar-refractivity contribution in [1.29, 1.82) is 0 Å². The number of nitrogens with one attached hydrogen (secondary N) is 1. The van der Waals surface area contributed by atoms with Gasteiger partial charge in [-0.2, -0.15) is 0 Å². The van der Waals surface area contributed by atoms with Crippen LogP contribution in [-0.2, 0) is 11.2 Å². The smallest absolute Gasteiger partial charge is 0.193 e. The number of likely N-dealkylation sites (N-methyl/N-ethyl adjacent to an activating group) is 1. The van der Waals surface area contributed by atoms with E-state index in [2.05, 4.69) is 39.8 Å². The third kappa shape index (κ3) is 5.51. The summed E-state index contributed by atoms with van der Waals surface area (Å²) >= 11 is 1.81. The number of nitrogens with zero attached hydrogens (tertiary/aromatic N) is 2. The molecule has 0 fully saturated rings. The molecule has 1 rings (SSSR count). The van der Waals surface area contributed by atoms with Crippen LogP contribution in [0.15, 0.2) is 22.5 Å². The Kier molecular flexibility index (Phi) is 7.44. The summed E-state index contributed by atoms with van der Waals surface area (Å²) in [5.74, 6) is 0.947. The first-order valence-corrected chi connectivity index (χ1v) is 7.09. The van der Waals surface area contributed by atoms with Gasteiger partial charge in [-0.3, -0.25) is 4.99 Å². The quantitative estimate of drug-likeness (QED) is 0.466. The molecule has 0 amide bonds. The topological polar surface area (TPSA) is 36.9 Å². The Bertz CT molecular complexity index is 338. The Hall–Kier alpha value is -1.07. The minimum Gasteiger partial charge on any atom is -0.385 e. The van der Waals surface area contributed by atoms with Gasteiger partial charge >= 0.3 is 0 Å². The summed E-state index contributed by atoms with van der Waals surface area (Å²) in [5.41, 5.74) is 0. The third-order valence-corrected chi connectivity index (χ3v) is 3.59. The van der Waals surface area contributed by atoms with Crippen molar-refractivity contribution in [2.24, 2.45) is 4.99 Å². The molecule has 18 heavy (non-hydrogen) atoms. The van der Waals surface area contributed by atoms with Gasteiger partial charge in [0, 0.05) is 45.8 Å². The van der Waals surface area contributed by atoms with Crippen LogP contribution in [-0.4, -0.2) is 51.8 Å². The minimum absolute atomic E-state index is 0.781. The van der Waals surface area contributed by atoms with Gasteiger partial charge in [-0.25, -0.2) is 0 Å². The molecule has 0 atom stereocenters. The van der Waals surface area contributed by atoms with E-state index in [1.54, 1.807) is 18.4 Å². The van der Waals surface area contributed by atoms with Crippen molar-refractivity contribution < 1.29 is 4.74 Å². The molecule has 0 spiro atoms. The lowest BCUT2D eigenvalue weighted by atomic mass is 10.3. The fourth-order valence-electron chi connectivity index (χ4n) is 1.64. The van der Waals surface area contributed by atoms with Crippen LogP contribution in [0.3, 0.4) is 0 Å². The summed E-state index contributed by atoms with van der Waals surface area (Å²) < 4.78 is 5.02. The maximum Gasteiger partial charge on any atom is 0.193 e. The first-order chi connectivity index (χ1) is 8.77. The molecular formula is C13H23N3OS. The molecule has 0 aliphatic rings. The molecular weight excluding hydrogens is 246 g/mol. The number of methoxy groups -OCH3 is 1. The molecule has 0 saturated heterocycles. The van der Waals surface area contributed by atoms with Gasteiger partial charge in [0.1, 0.15) is 0 Å². The zero-order valence-electron chi connectivity index (χ0n) is 11.5. The van der Waals surface area contributed by atoms with E-state index >= 15 is 0 Å². The van der Waals surface area contributed by atoms with Crippen LogP contribution < -0.4 is 5.32 Å². The highest BCUT2D eigenvalue weighted by molar-refractivity contribution is 7.09. The van der Waals surface area contributed by atoms with Crippen LogP contribution in [0.1, 0.15) is 11.3 Å². The van der Waals surface area contributed by atoms with Crippen molar-refractivity contribution in [2.45, 2.75) is 12.8 Å². The SMILES string of the molecule is CN=C(NCCCOC)N(C)CCc1cccs1. The van der Waals surface area contributed by atoms with E-state index in [9.17, 15) is 0 Å². The molecule has 0 aliphatic heterocycles. The Morgan fingerprint density at radius 1 is 1.56 bits per heavy atom. The van der Waals surface area contributed by atoms with Gasteiger partial charge in [-0.05, 0) is 24.3 Å². The first-order valence-electron chi connectivity index (χ1n) is 6.21. The number of thiophene rings is 1. The number of rotatable bonds is 7. The normalized spacial score (nSPS) is 11.6. The monoisotopic (exact) mass is 269 g/mol. The maximum absolute atomic E-state index is 5.02. The van der Waals surface area contributed by atoms with Crippen LogP contribution >= 0.6 is 11.3 Å². The second-order valence-corrected chi connectivity index (χ2v) is 5.10. The molecule has 0 bridgehead atoms. The number of ether oxygens (including phenoxy) is 1. The van der Waals surface area contributed by atoms with Crippen molar-refractivity contribution in [1.82, 2.24) is 10.2 Å². The summed E-state index contributed by atoms with van der Waals surface area (Å²) in [4.78, 5) is 7.85. The highest BCUT2D eigenvalue weighted by Gasteiger charge is 2.05. The molecule has 0 radical (unpaired) electrons. The van der Waals surface area contributed by atoms with Gasteiger partial charge in [0.15, 0.2) is 5.96 Å². The van der Waals surface area contributed by atoms with Crippen molar-refractivity contribution >= 4 is 17.3 Å². The molecule has 102 valence electrons. The molecule has 4 nitrogen and oxygen atoms in total. The average Bonchev–Trinajstić information content (AvgIpc) is 2.89. The standard InChI is InChI=1S/C13H23N3OS/c1-14-13(15-8-5-10-17-3)16(2)9-7-12-6-4-11-18-12/h4,6,11H,5,7-10H2,1-3H3,(H,14,15). The summed E-state index contributed by atoms with van der Waals surface area (Å²) in [7, 11) is 5.61. The van der Waals surface area contributed by atoms with E-state index in [4.69, 9.17) is 4.74 Å². The van der Waals surface area contributed by atoms with E-state index in [1.165, 1.54) is 4.88 Å². The lowest BCUT2D eigenvalue weighted by molar-refractivity contribution is 0.195. The Morgan fingerprint density at radius 2 is 2.39 bits per heavy atom. The van der Waals surface area contributed by atoms with Gasteiger partial charge in [0.05, 0.1) is 0 Å². The molecule has 0 aliphatic carbocycles. The number of hydrogen-bond donors (Lipinski definition) is 1. The van der Waals surface area contributed by atoms with Gasteiger partial charge in [0.25, 0.3) is 0 Å². The van der Waals surface area contributed by atoms with Gasteiger partial charge in [0.2, 0.25) is 0 Å².